The normalized spacial score (nSPS) is 10.4. The number of hydrogen-bond donors (Lipinski definition) is 0. The fraction of sp³-hybridized carbons (Fsp3) is 0.111. The van der Waals surface area contributed by atoms with Crippen molar-refractivity contribution in [1.82, 2.24) is 4.98 Å². The van der Waals surface area contributed by atoms with E-state index in [2.05, 4.69) is 4.98 Å². The molecule has 6 nitrogen and oxygen atoms in total. The van der Waals surface area contributed by atoms with Gasteiger partial charge in [0.2, 0.25) is 5.78 Å². The van der Waals surface area contributed by atoms with Crippen LogP contribution in [0.1, 0.15) is 36.1 Å². The lowest BCUT2D eigenvalue weighted by atomic mass is 10.0. The lowest BCUT2D eigenvalue weighted by Crippen LogP contribution is -2.17. The van der Waals surface area contributed by atoms with E-state index >= 15 is 0 Å². The summed E-state index contributed by atoms with van der Waals surface area (Å²) in [7, 11) is 2.44. The molecule has 0 aliphatic heterocycles. The second kappa shape index (κ2) is 7.59. The molecular weight excluding hydrogens is 374 g/mol. The average Bonchev–Trinajstić information content (AvgIpc) is 3.39. The van der Waals surface area contributed by atoms with Crippen LogP contribution >= 0.6 is 22.7 Å². The monoisotopic (exact) mass is 387 g/mol. The molecule has 0 amide bonds. The maximum atomic E-state index is 12.8. The fourth-order valence-corrected chi connectivity index (χ4v) is 3.74. The summed E-state index contributed by atoms with van der Waals surface area (Å²) in [5.74, 6) is -1.81. The van der Waals surface area contributed by atoms with Crippen LogP contribution < -0.4 is 0 Å². The van der Waals surface area contributed by atoms with Crippen molar-refractivity contribution in [2.24, 2.45) is 0 Å². The Hall–Kier alpha value is -2.84. The summed E-state index contributed by atoms with van der Waals surface area (Å²) in [5, 5.41) is 3.58. The lowest BCUT2D eigenvalue weighted by Gasteiger charge is -2.12. The Kier molecular flexibility index (Phi) is 5.24. The summed E-state index contributed by atoms with van der Waals surface area (Å²) >= 11 is 2.60. The SMILES string of the molecule is COC(=O)c1cc(C(=O)OC)c(-c2cccs2)nc1C(=O)c1cccs1. The van der Waals surface area contributed by atoms with E-state index in [0.717, 1.165) is 0 Å². The number of nitrogens with zero attached hydrogens (tertiary/aromatic N) is 1. The molecule has 0 aromatic carbocycles. The van der Waals surface area contributed by atoms with Crippen LogP contribution in [0.25, 0.3) is 10.6 Å². The molecule has 0 unspecified atom stereocenters. The number of carbonyl (C=O) groups is 3. The van der Waals surface area contributed by atoms with E-state index in [-0.39, 0.29) is 16.8 Å². The number of pyridine rings is 1. The van der Waals surface area contributed by atoms with Gasteiger partial charge in [0.05, 0.1) is 40.8 Å². The Morgan fingerprint density at radius 1 is 0.923 bits per heavy atom. The molecule has 3 aromatic rings. The van der Waals surface area contributed by atoms with Crippen molar-refractivity contribution in [2.45, 2.75) is 0 Å². The molecule has 3 aromatic heterocycles. The molecule has 0 N–H and O–H groups in total. The molecule has 0 atom stereocenters. The van der Waals surface area contributed by atoms with E-state index in [9.17, 15) is 14.4 Å². The summed E-state index contributed by atoms with van der Waals surface area (Å²) in [6.45, 7) is 0. The van der Waals surface area contributed by atoms with Gasteiger partial charge in [-0.25, -0.2) is 14.6 Å². The summed E-state index contributed by atoms with van der Waals surface area (Å²) in [4.78, 5) is 42.8. The molecule has 8 heteroatoms. The van der Waals surface area contributed by atoms with Crippen LogP contribution in [-0.2, 0) is 9.47 Å². The fourth-order valence-electron chi connectivity index (χ4n) is 2.34. The topological polar surface area (TPSA) is 82.6 Å². The molecule has 0 aliphatic rings. The lowest BCUT2D eigenvalue weighted by molar-refractivity contribution is 0.0595. The third-order valence-corrected chi connectivity index (χ3v) is 5.29. The van der Waals surface area contributed by atoms with Crippen LogP contribution in [0.2, 0.25) is 0 Å². The smallest absolute Gasteiger partial charge is 0.340 e. The van der Waals surface area contributed by atoms with E-state index in [4.69, 9.17) is 9.47 Å². The molecule has 0 fully saturated rings. The molecule has 0 saturated carbocycles. The summed E-state index contributed by atoms with van der Waals surface area (Å²) < 4.78 is 9.57. The van der Waals surface area contributed by atoms with Gasteiger partial charge >= 0.3 is 11.9 Å². The van der Waals surface area contributed by atoms with Crippen molar-refractivity contribution in [3.05, 3.63) is 62.8 Å². The van der Waals surface area contributed by atoms with Crippen molar-refractivity contribution in [2.75, 3.05) is 14.2 Å². The Morgan fingerprint density at radius 3 is 2.15 bits per heavy atom. The maximum absolute atomic E-state index is 12.8. The number of hydrogen-bond acceptors (Lipinski definition) is 8. The first-order valence-electron chi connectivity index (χ1n) is 7.40. The zero-order valence-electron chi connectivity index (χ0n) is 13.8. The first-order chi connectivity index (χ1) is 12.6. The van der Waals surface area contributed by atoms with Gasteiger partial charge in [0, 0.05) is 0 Å². The van der Waals surface area contributed by atoms with Crippen LogP contribution in [0.3, 0.4) is 0 Å². The second-order valence-electron chi connectivity index (χ2n) is 5.05. The predicted octanol–water partition coefficient (Wildman–Crippen LogP) is 3.68. The highest BCUT2D eigenvalue weighted by atomic mass is 32.1. The Balaban J connectivity index is 2.28. The number of methoxy groups -OCH3 is 2. The standard InChI is InChI=1S/C18H13NO5S2/c1-23-17(21)10-9-11(18(22)24-2)15(16(20)13-6-4-8-26-13)19-14(10)12-5-3-7-25-12/h3-9H,1-2H3. The van der Waals surface area contributed by atoms with Crippen molar-refractivity contribution in [3.63, 3.8) is 0 Å². The molecule has 0 spiro atoms. The average molecular weight is 387 g/mol. The van der Waals surface area contributed by atoms with E-state index < -0.39 is 17.7 Å². The summed E-state index contributed by atoms with van der Waals surface area (Å²) in [6.07, 6.45) is 0. The highest BCUT2D eigenvalue weighted by Gasteiger charge is 2.27. The van der Waals surface area contributed by atoms with E-state index in [1.54, 1.807) is 29.6 Å². The molecule has 132 valence electrons. The van der Waals surface area contributed by atoms with Gasteiger partial charge < -0.3 is 9.47 Å². The first-order valence-corrected chi connectivity index (χ1v) is 9.16. The Morgan fingerprint density at radius 2 is 1.58 bits per heavy atom. The highest BCUT2D eigenvalue weighted by molar-refractivity contribution is 7.13. The van der Waals surface area contributed by atoms with Crippen LogP contribution in [-0.4, -0.2) is 36.9 Å². The quantitative estimate of drug-likeness (QED) is 0.491. The minimum atomic E-state index is -0.750. The molecule has 3 rings (SSSR count). The minimum absolute atomic E-state index is 0.0599. The third kappa shape index (κ3) is 3.29. The first kappa shape index (κ1) is 18.0. The largest absolute Gasteiger partial charge is 0.465 e. The molecule has 0 radical (unpaired) electrons. The second-order valence-corrected chi connectivity index (χ2v) is 6.94. The Bertz CT molecular complexity index is 962. The maximum Gasteiger partial charge on any atom is 0.340 e. The van der Waals surface area contributed by atoms with Gasteiger partial charge in [0.25, 0.3) is 0 Å². The third-order valence-electron chi connectivity index (χ3n) is 3.55. The van der Waals surface area contributed by atoms with E-state index in [1.807, 2.05) is 5.38 Å². The van der Waals surface area contributed by atoms with Crippen molar-refractivity contribution in [3.8, 4) is 10.6 Å². The highest BCUT2D eigenvalue weighted by Crippen LogP contribution is 2.30. The number of aromatic nitrogens is 1. The number of ketones is 1. The van der Waals surface area contributed by atoms with Gasteiger partial charge in [0.1, 0.15) is 5.69 Å². The van der Waals surface area contributed by atoms with Crippen molar-refractivity contribution >= 4 is 40.4 Å². The van der Waals surface area contributed by atoms with Gasteiger partial charge in [-0.2, -0.15) is 0 Å². The number of esters is 2. The van der Waals surface area contributed by atoms with Crippen LogP contribution in [0.15, 0.2) is 41.1 Å². The Labute approximate surface area is 157 Å². The molecule has 0 aliphatic carbocycles. The molecule has 0 bridgehead atoms. The van der Waals surface area contributed by atoms with Gasteiger partial charge in [-0.15, -0.1) is 22.7 Å². The summed E-state index contributed by atoms with van der Waals surface area (Å²) in [5.41, 5.74) is 0.249. The van der Waals surface area contributed by atoms with Gasteiger partial charge in [-0.3, -0.25) is 4.79 Å². The van der Waals surface area contributed by atoms with Gasteiger partial charge in [-0.05, 0) is 29.0 Å². The van der Waals surface area contributed by atoms with Crippen LogP contribution in [0.4, 0.5) is 0 Å². The van der Waals surface area contributed by atoms with Crippen LogP contribution in [0, 0.1) is 0 Å². The van der Waals surface area contributed by atoms with Crippen molar-refractivity contribution < 1.29 is 23.9 Å². The summed E-state index contributed by atoms with van der Waals surface area (Å²) in [6, 6.07) is 8.27. The molecule has 0 saturated heterocycles. The number of ether oxygens (including phenoxy) is 2. The van der Waals surface area contributed by atoms with E-state index in [0.29, 0.717) is 15.4 Å². The zero-order chi connectivity index (χ0) is 18.7. The minimum Gasteiger partial charge on any atom is -0.465 e. The van der Waals surface area contributed by atoms with Gasteiger partial charge in [-0.1, -0.05) is 12.1 Å². The van der Waals surface area contributed by atoms with Gasteiger partial charge in [0.15, 0.2) is 0 Å². The number of rotatable bonds is 5. The molecular formula is C18H13NO5S2. The zero-order valence-corrected chi connectivity index (χ0v) is 15.5. The van der Waals surface area contributed by atoms with Crippen molar-refractivity contribution in [1.29, 1.82) is 0 Å². The number of carbonyl (C=O) groups excluding carboxylic acids is 3. The molecule has 26 heavy (non-hydrogen) atoms. The molecule has 3 heterocycles. The number of thiophene rings is 2. The predicted molar refractivity (Wildman–Crippen MR) is 98.0 cm³/mol. The van der Waals surface area contributed by atoms with E-state index in [1.165, 1.54) is 43.0 Å². The van der Waals surface area contributed by atoms with Crippen LogP contribution in [0.5, 0.6) is 0 Å².